The summed E-state index contributed by atoms with van der Waals surface area (Å²) < 4.78 is 11.8. The third-order valence-electron chi connectivity index (χ3n) is 5.22. The summed E-state index contributed by atoms with van der Waals surface area (Å²) >= 11 is 3.18. The van der Waals surface area contributed by atoms with Gasteiger partial charge in [-0.05, 0) is 64.7 Å². The van der Waals surface area contributed by atoms with E-state index in [4.69, 9.17) is 9.15 Å². The fraction of sp³-hybridized carbons (Fsp3) is 0.250. The molecule has 0 aliphatic carbocycles. The Morgan fingerprint density at radius 1 is 1.03 bits per heavy atom. The molecule has 2 aromatic carbocycles. The SMILES string of the molecule is O=C(Nc1cccc(C(=O)N2CCC(OCc3ccccc3)CC2)c1)c1ccc(Br)o1. The van der Waals surface area contributed by atoms with Gasteiger partial charge in [0.05, 0.1) is 12.7 Å². The molecule has 31 heavy (non-hydrogen) atoms. The first-order chi connectivity index (χ1) is 15.1. The molecule has 0 radical (unpaired) electrons. The summed E-state index contributed by atoms with van der Waals surface area (Å²) in [5, 5.41) is 2.76. The number of anilines is 1. The topological polar surface area (TPSA) is 71.8 Å². The van der Waals surface area contributed by atoms with E-state index in [0.29, 0.717) is 35.6 Å². The Labute approximate surface area is 189 Å². The Kier molecular flexibility index (Phi) is 6.84. The molecular weight excluding hydrogens is 460 g/mol. The smallest absolute Gasteiger partial charge is 0.291 e. The number of likely N-dealkylation sites (tertiary alicyclic amines) is 1. The van der Waals surface area contributed by atoms with Crippen molar-refractivity contribution in [3.63, 3.8) is 0 Å². The van der Waals surface area contributed by atoms with Crippen molar-refractivity contribution in [2.45, 2.75) is 25.6 Å². The van der Waals surface area contributed by atoms with Crippen LogP contribution in [0.15, 0.2) is 75.8 Å². The van der Waals surface area contributed by atoms with Crippen molar-refractivity contribution in [2.75, 3.05) is 18.4 Å². The zero-order chi connectivity index (χ0) is 21.6. The molecule has 1 aromatic heterocycles. The molecule has 160 valence electrons. The second kappa shape index (κ2) is 9.94. The molecule has 0 atom stereocenters. The van der Waals surface area contributed by atoms with Crippen molar-refractivity contribution in [3.8, 4) is 0 Å². The molecule has 3 aromatic rings. The highest BCUT2D eigenvalue weighted by Gasteiger charge is 2.24. The number of carbonyl (C=O) groups excluding carboxylic acids is 2. The van der Waals surface area contributed by atoms with Gasteiger partial charge in [-0.15, -0.1) is 0 Å². The van der Waals surface area contributed by atoms with Gasteiger partial charge in [0, 0.05) is 24.3 Å². The molecule has 6 nitrogen and oxygen atoms in total. The lowest BCUT2D eigenvalue weighted by atomic mass is 10.1. The Balaban J connectivity index is 1.30. The molecule has 2 amide bonds. The minimum Gasteiger partial charge on any atom is -0.444 e. The quantitative estimate of drug-likeness (QED) is 0.529. The van der Waals surface area contributed by atoms with Gasteiger partial charge in [0.25, 0.3) is 11.8 Å². The number of halogens is 1. The summed E-state index contributed by atoms with van der Waals surface area (Å²) in [7, 11) is 0. The summed E-state index contributed by atoms with van der Waals surface area (Å²) in [6, 6.07) is 20.3. The van der Waals surface area contributed by atoms with Crippen molar-refractivity contribution >= 4 is 33.4 Å². The number of rotatable bonds is 6. The van der Waals surface area contributed by atoms with Gasteiger partial charge in [-0.3, -0.25) is 9.59 Å². The van der Waals surface area contributed by atoms with Gasteiger partial charge in [-0.1, -0.05) is 36.4 Å². The van der Waals surface area contributed by atoms with Crippen LogP contribution in [0.1, 0.15) is 39.3 Å². The molecular formula is C24H23BrN2O4. The van der Waals surface area contributed by atoms with E-state index in [1.807, 2.05) is 23.1 Å². The number of benzene rings is 2. The molecule has 0 spiro atoms. The first-order valence-electron chi connectivity index (χ1n) is 10.2. The highest BCUT2D eigenvalue weighted by molar-refractivity contribution is 9.10. The molecule has 1 aliphatic heterocycles. The fourth-order valence-corrected chi connectivity index (χ4v) is 3.86. The number of piperidine rings is 1. The number of nitrogens with zero attached hydrogens (tertiary/aromatic N) is 1. The number of amides is 2. The van der Waals surface area contributed by atoms with E-state index in [0.717, 1.165) is 18.4 Å². The van der Waals surface area contributed by atoms with E-state index in [-0.39, 0.29) is 23.7 Å². The molecule has 0 saturated carbocycles. The summed E-state index contributed by atoms with van der Waals surface area (Å²) in [6.07, 6.45) is 1.77. The maximum atomic E-state index is 12.9. The lowest BCUT2D eigenvalue weighted by Crippen LogP contribution is -2.40. The minimum absolute atomic E-state index is 0.0432. The first kappa shape index (κ1) is 21.3. The van der Waals surface area contributed by atoms with Crippen LogP contribution in [0.4, 0.5) is 5.69 Å². The molecule has 1 fully saturated rings. The van der Waals surface area contributed by atoms with Crippen molar-refractivity contribution in [1.82, 2.24) is 4.90 Å². The predicted molar refractivity (Wildman–Crippen MR) is 121 cm³/mol. The van der Waals surface area contributed by atoms with Crippen molar-refractivity contribution in [2.24, 2.45) is 0 Å². The Morgan fingerprint density at radius 2 is 1.81 bits per heavy atom. The van der Waals surface area contributed by atoms with Crippen molar-refractivity contribution in [1.29, 1.82) is 0 Å². The number of nitrogens with one attached hydrogen (secondary N) is 1. The van der Waals surface area contributed by atoms with Gasteiger partial charge in [0.15, 0.2) is 10.4 Å². The number of hydrogen-bond donors (Lipinski definition) is 1. The predicted octanol–water partition coefficient (Wildman–Crippen LogP) is 5.12. The second-order valence-electron chi connectivity index (χ2n) is 7.43. The lowest BCUT2D eigenvalue weighted by Gasteiger charge is -2.32. The van der Waals surface area contributed by atoms with Gasteiger partial charge in [0.1, 0.15) is 0 Å². The molecule has 1 saturated heterocycles. The second-order valence-corrected chi connectivity index (χ2v) is 8.21. The van der Waals surface area contributed by atoms with E-state index in [2.05, 4.69) is 33.4 Å². The zero-order valence-electron chi connectivity index (χ0n) is 16.9. The van der Waals surface area contributed by atoms with Crippen LogP contribution in [0.25, 0.3) is 0 Å². The Bertz CT molecular complexity index is 1040. The molecule has 0 bridgehead atoms. The van der Waals surface area contributed by atoms with Crippen molar-refractivity contribution < 1.29 is 18.7 Å². The third kappa shape index (κ3) is 5.62. The van der Waals surface area contributed by atoms with Crippen LogP contribution in [0, 0.1) is 0 Å². The normalized spacial score (nSPS) is 14.4. The molecule has 1 aliphatic rings. The summed E-state index contributed by atoms with van der Waals surface area (Å²) in [6.45, 7) is 1.89. The van der Waals surface area contributed by atoms with Crippen molar-refractivity contribution in [3.05, 3.63) is 88.3 Å². The maximum absolute atomic E-state index is 12.9. The van der Waals surface area contributed by atoms with E-state index in [1.165, 1.54) is 0 Å². The molecule has 4 rings (SSSR count). The fourth-order valence-electron chi connectivity index (χ4n) is 3.56. The standard InChI is InChI=1S/C24H23BrN2O4/c25-22-10-9-21(31-22)23(28)26-19-8-4-7-18(15-19)24(29)27-13-11-20(12-14-27)30-16-17-5-2-1-3-6-17/h1-10,15,20H,11-14,16H2,(H,26,28). The average Bonchev–Trinajstić information content (AvgIpc) is 3.25. The van der Waals surface area contributed by atoms with Crippen LogP contribution in [0.3, 0.4) is 0 Å². The lowest BCUT2D eigenvalue weighted by molar-refractivity contribution is -0.000382. The maximum Gasteiger partial charge on any atom is 0.291 e. The zero-order valence-corrected chi connectivity index (χ0v) is 18.5. The van der Waals surface area contributed by atoms with Crippen LogP contribution in [-0.4, -0.2) is 35.9 Å². The summed E-state index contributed by atoms with van der Waals surface area (Å²) in [5.74, 6) is -0.216. The van der Waals surface area contributed by atoms with Crippen LogP contribution in [-0.2, 0) is 11.3 Å². The molecule has 0 unspecified atom stereocenters. The largest absolute Gasteiger partial charge is 0.444 e. The number of ether oxygens (including phenoxy) is 1. The molecule has 2 heterocycles. The van der Waals surface area contributed by atoms with Crippen LogP contribution in [0.5, 0.6) is 0 Å². The van der Waals surface area contributed by atoms with E-state index >= 15 is 0 Å². The van der Waals surface area contributed by atoms with Gasteiger partial charge in [0.2, 0.25) is 0 Å². The number of hydrogen-bond acceptors (Lipinski definition) is 4. The third-order valence-corrected chi connectivity index (χ3v) is 5.65. The van der Waals surface area contributed by atoms with E-state index in [1.54, 1.807) is 36.4 Å². The highest BCUT2D eigenvalue weighted by atomic mass is 79.9. The average molecular weight is 483 g/mol. The number of carbonyl (C=O) groups is 2. The number of furan rings is 1. The van der Waals surface area contributed by atoms with Gasteiger partial charge in [-0.2, -0.15) is 0 Å². The Hall–Kier alpha value is -2.90. The monoisotopic (exact) mass is 482 g/mol. The molecule has 1 N–H and O–H groups in total. The van der Waals surface area contributed by atoms with Gasteiger partial charge in [-0.25, -0.2) is 0 Å². The highest BCUT2D eigenvalue weighted by Crippen LogP contribution is 2.20. The summed E-state index contributed by atoms with van der Waals surface area (Å²) in [5.41, 5.74) is 2.24. The Morgan fingerprint density at radius 3 is 2.52 bits per heavy atom. The molecule has 7 heteroatoms. The van der Waals surface area contributed by atoms with Crippen LogP contribution in [0.2, 0.25) is 0 Å². The van der Waals surface area contributed by atoms with Gasteiger partial charge < -0.3 is 19.4 Å². The van der Waals surface area contributed by atoms with Crippen LogP contribution < -0.4 is 5.32 Å². The minimum atomic E-state index is -0.369. The van der Waals surface area contributed by atoms with E-state index in [9.17, 15) is 9.59 Å². The van der Waals surface area contributed by atoms with E-state index < -0.39 is 0 Å². The summed E-state index contributed by atoms with van der Waals surface area (Å²) in [4.78, 5) is 27.1. The van der Waals surface area contributed by atoms with Crippen LogP contribution >= 0.6 is 15.9 Å². The first-order valence-corrected chi connectivity index (χ1v) is 11.0. The van der Waals surface area contributed by atoms with Gasteiger partial charge >= 0.3 is 0 Å².